The SMILES string of the molecule is CCCCNc1ncc(CCCC)c(N=C2CCC(O)C2)n1. The van der Waals surface area contributed by atoms with Gasteiger partial charge in [-0.2, -0.15) is 4.98 Å². The summed E-state index contributed by atoms with van der Waals surface area (Å²) in [5.74, 6) is 1.44. The minimum atomic E-state index is -0.234. The Morgan fingerprint density at radius 1 is 1.32 bits per heavy atom. The van der Waals surface area contributed by atoms with E-state index < -0.39 is 0 Å². The lowest BCUT2D eigenvalue weighted by Gasteiger charge is -2.09. The van der Waals surface area contributed by atoms with E-state index in [9.17, 15) is 5.11 Å². The number of aliphatic hydroxyl groups is 1. The van der Waals surface area contributed by atoms with E-state index in [4.69, 9.17) is 4.99 Å². The smallest absolute Gasteiger partial charge is 0.224 e. The molecule has 1 atom stereocenters. The Morgan fingerprint density at radius 2 is 2.14 bits per heavy atom. The summed E-state index contributed by atoms with van der Waals surface area (Å²) in [5, 5.41) is 12.9. The van der Waals surface area contributed by atoms with Crippen LogP contribution in [0.2, 0.25) is 0 Å². The van der Waals surface area contributed by atoms with Crippen molar-refractivity contribution in [3.63, 3.8) is 0 Å². The fraction of sp³-hybridized carbons (Fsp3) is 0.706. The summed E-state index contributed by atoms with van der Waals surface area (Å²) in [7, 11) is 0. The molecule has 5 nitrogen and oxygen atoms in total. The van der Waals surface area contributed by atoms with Gasteiger partial charge in [0.05, 0.1) is 6.10 Å². The van der Waals surface area contributed by atoms with Gasteiger partial charge in [-0.3, -0.25) is 0 Å². The number of rotatable bonds is 8. The molecule has 0 bridgehead atoms. The van der Waals surface area contributed by atoms with Gasteiger partial charge < -0.3 is 10.4 Å². The van der Waals surface area contributed by atoms with Crippen molar-refractivity contribution in [1.29, 1.82) is 0 Å². The second kappa shape index (κ2) is 8.83. The maximum absolute atomic E-state index is 9.66. The van der Waals surface area contributed by atoms with Crippen molar-refractivity contribution < 1.29 is 5.11 Å². The summed E-state index contributed by atoms with van der Waals surface area (Å²) in [6.45, 7) is 5.24. The van der Waals surface area contributed by atoms with Crippen molar-refractivity contribution in [3.8, 4) is 0 Å². The van der Waals surface area contributed by atoms with Gasteiger partial charge in [-0.25, -0.2) is 9.98 Å². The van der Waals surface area contributed by atoms with Gasteiger partial charge in [0.15, 0.2) is 5.82 Å². The highest BCUT2D eigenvalue weighted by molar-refractivity contribution is 5.89. The fourth-order valence-corrected chi connectivity index (χ4v) is 2.56. The average molecular weight is 304 g/mol. The first-order valence-electron chi connectivity index (χ1n) is 8.57. The molecule has 22 heavy (non-hydrogen) atoms. The molecule has 5 heteroatoms. The highest BCUT2D eigenvalue weighted by Gasteiger charge is 2.18. The third kappa shape index (κ3) is 5.05. The third-order valence-corrected chi connectivity index (χ3v) is 3.96. The lowest BCUT2D eigenvalue weighted by atomic mass is 10.1. The number of anilines is 1. The van der Waals surface area contributed by atoms with E-state index in [1.54, 1.807) is 0 Å². The van der Waals surface area contributed by atoms with E-state index >= 15 is 0 Å². The van der Waals surface area contributed by atoms with Crippen molar-refractivity contribution in [1.82, 2.24) is 9.97 Å². The van der Waals surface area contributed by atoms with E-state index in [1.807, 2.05) is 6.20 Å². The molecule has 1 fully saturated rings. The average Bonchev–Trinajstić information content (AvgIpc) is 2.92. The van der Waals surface area contributed by atoms with Gasteiger partial charge in [0.25, 0.3) is 0 Å². The molecule has 1 saturated carbocycles. The summed E-state index contributed by atoms with van der Waals surface area (Å²) in [6.07, 6.45) is 9.51. The number of unbranched alkanes of at least 4 members (excludes halogenated alkanes) is 2. The minimum absolute atomic E-state index is 0.234. The molecular formula is C17H28N4O. The maximum Gasteiger partial charge on any atom is 0.224 e. The molecule has 1 aromatic heterocycles. The molecule has 1 heterocycles. The molecular weight excluding hydrogens is 276 g/mol. The van der Waals surface area contributed by atoms with Crippen LogP contribution in [0.3, 0.4) is 0 Å². The van der Waals surface area contributed by atoms with Gasteiger partial charge in [0.1, 0.15) is 0 Å². The van der Waals surface area contributed by atoms with E-state index in [2.05, 4.69) is 29.1 Å². The fourth-order valence-electron chi connectivity index (χ4n) is 2.56. The molecule has 2 N–H and O–H groups in total. The highest BCUT2D eigenvalue weighted by atomic mass is 16.3. The van der Waals surface area contributed by atoms with Crippen LogP contribution in [0, 0.1) is 0 Å². The number of aromatic nitrogens is 2. The molecule has 1 aliphatic carbocycles. The van der Waals surface area contributed by atoms with E-state index in [-0.39, 0.29) is 6.10 Å². The van der Waals surface area contributed by atoms with Crippen LogP contribution in [-0.4, -0.2) is 33.4 Å². The first-order valence-corrected chi connectivity index (χ1v) is 8.57. The van der Waals surface area contributed by atoms with E-state index in [1.165, 1.54) is 0 Å². The molecule has 2 rings (SSSR count). The van der Waals surface area contributed by atoms with Gasteiger partial charge >= 0.3 is 0 Å². The number of nitrogens with one attached hydrogen (secondary N) is 1. The minimum Gasteiger partial charge on any atom is -0.393 e. The summed E-state index contributed by atoms with van der Waals surface area (Å²) < 4.78 is 0. The number of hydrogen-bond acceptors (Lipinski definition) is 5. The van der Waals surface area contributed by atoms with Crippen LogP contribution in [-0.2, 0) is 6.42 Å². The van der Waals surface area contributed by atoms with Crippen LogP contribution >= 0.6 is 0 Å². The normalized spacial score (nSPS) is 19.8. The lowest BCUT2D eigenvalue weighted by molar-refractivity contribution is 0.188. The van der Waals surface area contributed by atoms with Crippen molar-refractivity contribution >= 4 is 17.5 Å². The van der Waals surface area contributed by atoms with Gasteiger partial charge in [-0.15, -0.1) is 0 Å². The Labute approximate surface area is 133 Å². The number of nitrogens with zero attached hydrogens (tertiary/aromatic N) is 3. The van der Waals surface area contributed by atoms with Crippen LogP contribution in [0.5, 0.6) is 0 Å². The van der Waals surface area contributed by atoms with Gasteiger partial charge in [-0.05, 0) is 32.1 Å². The number of aliphatic imine (C=N–C) groups is 1. The zero-order valence-electron chi connectivity index (χ0n) is 13.8. The van der Waals surface area contributed by atoms with Crippen molar-refractivity contribution in [2.75, 3.05) is 11.9 Å². The second-order valence-corrected chi connectivity index (χ2v) is 6.00. The third-order valence-electron chi connectivity index (χ3n) is 3.96. The van der Waals surface area contributed by atoms with Crippen LogP contribution in [0.15, 0.2) is 11.2 Å². The molecule has 1 unspecified atom stereocenters. The van der Waals surface area contributed by atoms with Gasteiger partial charge in [0.2, 0.25) is 5.95 Å². The Morgan fingerprint density at radius 3 is 2.82 bits per heavy atom. The Hall–Kier alpha value is -1.49. The van der Waals surface area contributed by atoms with Crippen LogP contribution in [0.4, 0.5) is 11.8 Å². The molecule has 0 aromatic carbocycles. The predicted octanol–water partition coefficient (Wildman–Crippen LogP) is 3.65. The second-order valence-electron chi connectivity index (χ2n) is 6.00. The molecule has 1 aliphatic rings. The molecule has 0 spiro atoms. The summed E-state index contributed by atoms with van der Waals surface area (Å²) in [5.41, 5.74) is 2.17. The highest BCUT2D eigenvalue weighted by Crippen LogP contribution is 2.24. The molecule has 0 saturated heterocycles. The van der Waals surface area contributed by atoms with Crippen LogP contribution in [0.25, 0.3) is 0 Å². The predicted molar refractivity (Wildman–Crippen MR) is 91.0 cm³/mol. The summed E-state index contributed by atoms with van der Waals surface area (Å²) in [6, 6.07) is 0. The van der Waals surface area contributed by atoms with Crippen molar-refractivity contribution in [2.24, 2.45) is 4.99 Å². The van der Waals surface area contributed by atoms with Gasteiger partial charge in [-0.1, -0.05) is 26.7 Å². The first kappa shape index (κ1) is 16.9. The standard InChI is InChI=1S/C17H28N4O/c1-3-5-7-13-12-19-17(18-10-6-4-2)21-16(13)20-14-8-9-15(22)11-14/h12,15,22H,3-11H2,1-2H3,(H,18,19,21). The zero-order valence-corrected chi connectivity index (χ0v) is 13.8. The topological polar surface area (TPSA) is 70.4 Å². The van der Waals surface area contributed by atoms with Crippen molar-refractivity contribution in [3.05, 3.63) is 11.8 Å². The quantitative estimate of drug-likeness (QED) is 0.719. The summed E-state index contributed by atoms with van der Waals surface area (Å²) >= 11 is 0. The molecule has 122 valence electrons. The molecule has 0 radical (unpaired) electrons. The number of hydrogen-bond donors (Lipinski definition) is 2. The summed E-state index contributed by atoms with van der Waals surface area (Å²) in [4.78, 5) is 13.7. The van der Waals surface area contributed by atoms with Crippen molar-refractivity contribution in [2.45, 2.75) is 71.3 Å². The van der Waals surface area contributed by atoms with E-state index in [0.29, 0.717) is 12.4 Å². The Balaban J connectivity index is 2.15. The largest absolute Gasteiger partial charge is 0.393 e. The zero-order chi connectivity index (χ0) is 15.8. The van der Waals surface area contributed by atoms with E-state index in [0.717, 1.165) is 68.6 Å². The molecule has 0 amide bonds. The Bertz CT molecular complexity index is 501. The number of aliphatic hydroxyl groups excluding tert-OH is 1. The molecule has 0 aliphatic heterocycles. The van der Waals surface area contributed by atoms with Crippen LogP contribution in [0.1, 0.15) is 64.4 Å². The first-order chi connectivity index (χ1) is 10.7. The monoisotopic (exact) mass is 304 g/mol. The number of aryl methyl sites for hydroxylation is 1. The van der Waals surface area contributed by atoms with Crippen LogP contribution < -0.4 is 5.32 Å². The lowest BCUT2D eigenvalue weighted by Crippen LogP contribution is -2.06. The Kier molecular flexibility index (Phi) is 6.77. The maximum atomic E-state index is 9.66. The molecule has 1 aromatic rings. The van der Waals surface area contributed by atoms with Gasteiger partial charge in [0, 0.05) is 30.4 Å².